The minimum atomic E-state index is -4.06. The Bertz CT molecular complexity index is 866. The van der Waals surface area contributed by atoms with Crippen LogP contribution in [-0.4, -0.2) is 47.9 Å². The van der Waals surface area contributed by atoms with Crippen LogP contribution in [0.3, 0.4) is 0 Å². The molecule has 0 saturated heterocycles. The highest BCUT2D eigenvalue weighted by Crippen LogP contribution is 2.19. The number of carbonyl (C=O) groups excluding carboxylic acids is 1. The van der Waals surface area contributed by atoms with E-state index < -0.39 is 28.5 Å². The summed E-state index contributed by atoms with van der Waals surface area (Å²) in [6.45, 7) is 1.15. The quantitative estimate of drug-likeness (QED) is 0.693. The largest absolute Gasteiger partial charge is 0.478 e. The van der Waals surface area contributed by atoms with Gasteiger partial charge in [0.05, 0.1) is 29.3 Å². The third-order valence-electron chi connectivity index (χ3n) is 3.41. The first-order chi connectivity index (χ1) is 12.3. The maximum Gasteiger partial charge on any atom is 0.335 e. The first-order valence-corrected chi connectivity index (χ1v) is 9.17. The molecule has 8 nitrogen and oxygen atoms in total. The topological polar surface area (TPSA) is 114 Å². The Morgan fingerprint density at radius 3 is 2.38 bits per heavy atom. The third kappa shape index (κ3) is 4.87. The van der Waals surface area contributed by atoms with Crippen LogP contribution in [0.1, 0.15) is 23.0 Å². The maximum absolute atomic E-state index is 12.9. The number of hydrogen-bond acceptors (Lipinski definition) is 6. The predicted molar refractivity (Wildman–Crippen MR) is 91.9 cm³/mol. The van der Waals surface area contributed by atoms with E-state index in [2.05, 4.69) is 4.98 Å². The standard InChI is InChI=1S/C17H18N2O6S/c1-2-25-16(20)12-19(11-14-5-3-4-10-18-14)26(23,24)15-8-6-13(7-9-15)17(21)22/h3-10H,2,11-12H2,1H3,(H,21,22). The van der Waals surface area contributed by atoms with E-state index in [-0.39, 0.29) is 23.6 Å². The van der Waals surface area contributed by atoms with Crippen molar-refractivity contribution >= 4 is 22.0 Å². The molecule has 0 aliphatic rings. The molecule has 1 N–H and O–H groups in total. The number of nitrogens with zero attached hydrogens (tertiary/aromatic N) is 2. The van der Waals surface area contributed by atoms with Crippen LogP contribution >= 0.6 is 0 Å². The number of rotatable bonds is 8. The molecule has 1 heterocycles. The van der Waals surface area contributed by atoms with E-state index in [1.165, 1.54) is 30.5 Å². The summed E-state index contributed by atoms with van der Waals surface area (Å²) in [6.07, 6.45) is 1.52. The van der Waals surface area contributed by atoms with Crippen LogP contribution < -0.4 is 0 Å². The lowest BCUT2D eigenvalue weighted by molar-refractivity contribution is -0.143. The van der Waals surface area contributed by atoms with Gasteiger partial charge in [-0.3, -0.25) is 9.78 Å². The lowest BCUT2D eigenvalue weighted by atomic mass is 10.2. The Morgan fingerprint density at radius 2 is 1.85 bits per heavy atom. The zero-order valence-corrected chi connectivity index (χ0v) is 14.8. The Hall–Kier alpha value is -2.78. The molecule has 0 amide bonds. The Labute approximate surface area is 151 Å². The zero-order chi connectivity index (χ0) is 19.2. The van der Waals surface area contributed by atoms with E-state index in [0.717, 1.165) is 4.31 Å². The molecule has 0 unspecified atom stereocenters. The van der Waals surface area contributed by atoms with Crippen LogP contribution in [0.4, 0.5) is 0 Å². The molecule has 1 aromatic carbocycles. The van der Waals surface area contributed by atoms with Crippen LogP contribution in [0.2, 0.25) is 0 Å². The fourth-order valence-corrected chi connectivity index (χ4v) is 3.52. The molecule has 26 heavy (non-hydrogen) atoms. The molecule has 9 heteroatoms. The van der Waals surface area contributed by atoms with Gasteiger partial charge in [0.25, 0.3) is 0 Å². The number of pyridine rings is 1. The molecule has 0 radical (unpaired) electrons. The second-order valence-electron chi connectivity index (χ2n) is 5.23. The number of esters is 1. The van der Waals surface area contributed by atoms with Crippen molar-refractivity contribution < 1.29 is 27.9 Å². The van der Waals surface area contributed by atoms with E-state index in [1.807, 2.05) is 0 Å². The molecule has 138 valence electrons. The van der Waals surface area contributed by atoms with E-state index in [0.29, 0.717) is 5.69 Å². The average Bonchev–Trinajstić information content (AvgIpc) is 2.62. The highest BCUT2D eigenvalue weighted by Gasteiger charge is 2.28. The SMILES string of the molecule is CCOC(=O)CN(Cc1ccccn1)S(=O)(=O)c1ccc(C(=O)O)cc1. The van der Waals surface area contributed by atoms with Crippen molar-refractivity contribution in [2.45, 2.75) is 18.4 Å². The number of carboxylic acids is 1. The minimum absolute atomic E-state index is 0.0365. The summed E-state index contributed by atoms with van der Waals surface area (Å²) < 4.78 is 31.6. The Kier molecular flexibility index (Phi) is 6.42. The van der Waals surface area contributed by atoms with E-state index in [4.69, 9.17) is 9.84 Å². The highest BCUT2D eigenvalue weighted by molar-refractivity contribution is 7.89. The molecule has 2 rings (SSSR count). The number of benzene rings is 1. The van der Waals surface area contributed by atoms with Gasteiger partial charge in [-0.05, 0) is 43.3 Å². The van der Waals surface area contributed by atoms with Crippen LogP contribution in [0.15, 0.2) is 53.6 Å². The van der Waals surface area contributed by atoms with Crippen molar-refractivity contribution in [1.29, 1.82) is 0 Å². The number of aromatic carboxylic acids is 1. The van der Waals surface area contributed by atoms with Gasteiger partial charge in [0, 0.05) is 6.20 Å². The van der Waals surface area contributed by atoms with Crippen LogP contribution in [0.25, 0.3) is 0 Å². The number of hydrogen-bond donors (Lipinski definition) is 1. The molecular weight excluding hydrogens is 360 g/mol. The van der Waals surface area contributed by atoms with Crippen molar-refractivity contribution in [3.63, 3.8) is 0 Å². The molecule has 0 saturated carbocycles. The third-order valence-corrected chi connectivity index (χ3v) is 5.22. The minimum Gasteiger partial charge on any atom is -0.478 e. The van der Waals surface area contributed by atoms with Crippen LogP contribution in [-0.2, 0) is 26.1 Å². The van der Waals surface area contributed by atoms with Crippen molar-refractivity contribution in [1.82, 2.24) is 9.29 Å². The number of ether oxygens (including phenoxy) is 1. The van der Waals surface area contributed by atoms with Crippen molar-refractivity contribution in [2.24, 2.45) is 0 Å². The molecular formula is C17H18N2O6S. The van der Waals surface area contributed by atoms with Gasteiger partial charge in [0.2, 0.25) is 10.0 Å². The normalized spacial score (nSPS) is 11.3. The van der Waals surface area contributed by atoms with Gasteiger partial charge < -0.3 is 9.84 Å². The highest BCUT2D eigenvalue weighted by atomic mass is 32.2. The second-order valence-corrected chi connectivity index (χ2v) is 7.17. The summed E-state index contributed by atoms with van der Waals surface area (Å²) in [6, 6.07) is 9.81. The fourth-order valence-electron chi connectivity index (χ4n) is 2.17. The maximum atomic E-state index is 12.9. The summed E-state index contributed by atoms with van der Waals surface area (Å²) in [5, 5.41) is 8.93. The molecule has 0 fully saturated rings. The first kappa shape index (κ1) is 19.5. The van der Waals surface area contributed by atoms with Gasteiger partial charge in [0.15, 0.2) is 0 Å². The van der Waals surface area contributed by atoms with Gasteiger partial charge >= 0.3 is 11.9 Å². The number of carboxylic acid groups (broad SMARTS) is 1. The monoisotopic (exact) mass is 378 g/mol. The smallest absolute Gasteiger partial charge is 0.335 e. The van der Waals surface area contributed by atoms with Crippen molar-refractivity contribution in [3.05, 3.63) is 59.9 Å². The van der Waals surface area contributed by atoms with Gasteiger partial charge in [-0.25, -0.2) is 13.2 Å². The summed E-state index contributed by atoms with van der Waals surface area (Å²) in [7, 11) is -4.06. The summed E-state index contributed by atoms with van der Waals surface area (Å²) in [5.41, 5.74) is 0.424. The van der Waals surface area contributed by atoms with E-state index >= 15 is 0 Å². The molecule has 1 aromatic heterocycles. The number of sulfonamides is 1. The average molecular weight is 378 g/mol. The molecule has 2 aromatic rings. The van der Waals surface area contributed by atoms with Crippen LogP contribution in [0.5, 0.6) is 0 Å². The zero-order valence-electron chi connectivity index (χ0n) is 14.0. The summed E-state index contributed by atoms with van der Waals surface area (Å²) in [4.78, 5) is 26.7. The van der Waals surface area contributed by atoms with Crippen molar-refractivity contribution in [3.8, 4) is 0 Å². The lowest BCUT2D eigenvalue weighted by Crippen LogP contribution is -2.36. The van der Waals surface area contributed by atoms with Crippen molar-refractivity contribution in [2.75, 3.05) is 13.2 Å². The first-order valence-electron chi connectivity index (χ1n) is 7.73. The van der Waals surface area contributed by atoms with Gasteiger partial charge in [0.1, 0.15) is 6.54 Å². The predicted octanol–water partition coefficient (Wildman–Crippen LogP) is 1.53. The Morgan fingerprint density at radius 1 is 1.15 bits per heavy atom. The van der Waals surface area contributed by atoms with E-state index in [9.17, 15) is 18.0 Å². The number of carbonyl (C=O) groups is 2. The lowest BCUT2D eigenvalue weighted by Gasteiger charge is -2.21. The molecule has 0 atom stereocenters. The fraction of sp³-hybridized carbons (Fsp3) is 0.235. The van der Waals surface area contributed by atoms with Gasteiger partial charge in [-0.2, -0.15) is 4.31 Å². The van der Waals surface area contributed by atoms with Crippen LogP contribution in [0, 0.1) is 0 Å². The molecule has 0 bridgehead atoms. The summed E-state index contributed by atoms with van der Waals surface area (Å²) >= 11 is 0. The molecule has 0 aliphatic carbocycles. The van der Waals surface area contributed by atoms with Gasteiger partial charge in [-0.15, -0.1) is 0 Å². The number of aromatic nitrogens is 1. The molecule has 0 spiro atoms. The second kappa shape index (κ2) is 8.54. The molecule has 0 aliphatic heterocycles. The van der Waals surface area contributed by atoms with E-state index in [1.54, 1.807) is 25.1 Å². The van der Waals surface area contributed by atoms with Gasteiger partial charge in [-0.1, -0.05) is 6.07 Å². The summed E-state index contributed by atoms with van der Waals surface area (Å²) in [5.74, 6) is -1.85. The Balaban J connectivity index is 2.34.